The summed E-state index contributed by atoms with van der Waals surface area (Å²) in [5.74, 6) is -0.290. The van der Waals surface area contributed by atoms with Crippen molar-refractivity contribution < 1.29 is 4.39 Å². The maximum absolute atomic E-state index is 13.0. The normalized spacial score (nSPS) is 12.1. The van der Waals surface area contributed by atoms with E-state index in [1.165, 1.54) is 28.8 Å². The summed E-state index contributed by atoms with van der Waals surface area (Å²) in [7, 11) is 0. The molecule has 3 heteroatoms. The Morgan fingerprint density at radius 3 is 2.44 bits per heavy atom. The molecule has 1 aliphatic carbocycles. The molecule has 4 rings (SSSR count). The molecule has 0 aliphatic heterocycles. The van der Waals surface area contributed by atoms with E-state index in [1.54, 1.807) is 6.07 Å². The van der Waals surface area contributed by atoms with E-state index in [-0.39, 0.29) is 5.82 Å². The Hall–Kier alpha value is -2.45. The van der Waals surface area contributed by atoms with Gasteiger partial charge >= 0.3 is 0 Å². The zero-order chi connectivity index (χ0) is 19.2. The van der Waals surface area contributed by atoms with E-state index in [0.717, 1.165) is 36.2 Å². The first-order valence-electron chi connectivity index (χ1n) is 9.14. The van der Waals surface area contributed by atoms with Crippen LogP contribution < -0.4 is 0 Å². The third-order valence-corrected chi connectivity index (χ3v) is 4.88. The second kappa shape index (κ2) is 8.96. The Morgan fingerprint density at radius 2 is 1.78 bits per heavy atom. The van der Waals surface area contributed by atoms with Crippen LogP contribution in [0.1, 0.15) is 40.1 Å². The van der Waals surface area contributed by atoms with Gasteiger partial charge in [-0.05, 0) is 79.6 Å². The molecule has 1 aliphatic rings. The van der Waals surface area contributed by atoms with Crippen molar-refractivity contribution in [3.05, 3.63) is 105 Å². The number of rotatable bonds is 2. The highest BCUT2D eigenvalue weighted by atomic mass is 35.5. The number of hydrogen-bond donors (Lipinski definition) is 0. The molecular weight excluding hydrogens is 357 g/mol. The van der Waals surface area contributed by atoms with Crippen LogP contribution in [0.2, 0.25) is 5.02 Å². The predicted molar refractivity (Wildman–Crippen MR) is 112 cm³/mol. The summed E-state index contributed by atoms with van der Waals surface area (Å²) >= 11 is 6.07. The van der Waals surface area contributed by atoms with Crippen LogP contribution in [0, 0.1) is 19.7 Å². The van der Waals surface area contributed by atoms with Gasteiger partial charge in [0.25, 0.3) is 0 Å². The molecule has 0 N–H and O–H groups in total. The third-order valence-electron chi connectivity index (χ3n) is 4.53. The highest BCUT2D eigenvalue weighted by molar-refractivity contribution is 6.31. The molecule has 0 atom stereocenters. The maximum Gasteiger partial charge on any atom is 0.124 e. The van der Waals surface area contributed by atoms with Crippen LogP contribution >= 0.6 is 11.6 Å². The maximum atomic E-state index is 13.0. The molecule has 1 nitrogen and oxygen atoms in total. The molecule has 138 valence electrons. The fourth-order valence-electron chi connectivity index (χ4n) is 3.15. The van der Waals surface area contributed by atoms with E-state index in [4.69, 9.17) is 11.6 Å². The van der Waals surface area contributed by atoms with Crippen molar-refractivity contribution in [2.45, 2.75) is 33.1 Å². The van der Waals surface area contributed by atoms with E-state index < -0.39 is 0 Å². The van der Waals surface area contributed by atoms with Gasteiger partial charge in [0, 0.05) is 16.4 Å². The summed E-state index contributed by atoms with van der Waals surface area (Å²) in [6.07, 6.45) is 7.35. The molecule has 1 aromatic heterocycles. The van der Waals surface area contributed by atoms with E-state index in [2.05, 4.69) is 35.3 Å². The number of fused-ring (bicyclic) bond motifs is 1. The van der Waals surface area contributed by atoms with Crippen LogP contribution in [0.15, 0.2) is 60.7 Å². The Labute approximate surface area is 165 Å². The van der Waals surface area contributed by atoms with Crippen molar-refractivity contribution in [3.8, 4) is 0 Å². The van der Waals surface area contributed by atoms with Crippen molar-refractivity contribution in [1.82, 2.24) is 4.98 Å². The fraction of sp³-hybridized carbons (Fsp3) is 0.208. The van der Waals surface area contributed by atoms with Gasteiger partial charge in [-0.2, -0.15) is 0 Å². The molecule has 0 fully saturated rings. The third kappa shape index (κ3) is 5.51. The van der Waals surface area contributed by atoms with Gasteiger partial charge in [-0.3, -0.25) is 4.98 Å². The van der Waals surface area contributed by atoms with Gasteiger partial charge in [-0.1, -0.05) is 54.1 Å². The Kier molecular flexibility index (Phi) is 6.41. The van der Waals surface area contributed by atoms with Crippen LogP contribution in [-0.2, 0) is 12.8 Å². The van der Waals surface area contributed by atoms with Crippen LogP contribution in [-0.4, -0.2) is 4.98 Å². The van der Waals surface area contributed by atoms with Gasteiger partial charge in [0.1, 0.15) is 5.82 Å². The molecule has 0 unspecified atom stereocenters. The minimum absolute atomic E-state index is 0.290. The summed E-state index contributed by atoms with van der Waals surface area (Å²) in [6, 6.07) is 17.1. The number of nitrogens with zero attached hydrogens (tertiary/aromatic N) is 1. The molecule has 0 amide bonds. The first-order valence-corrected chi connectivity index (χ1v) is 9.51. The zero-order valence-corrected chi connectivity index (χ0v) is 16.4. The number of halogens is 2. The van der Waals surface area contributed by atoms with Crippen molar-refractivity contribution in [3.63, 3.8) is 0 Å². The van der Waals surface area contributed by atoms with Crippen molar-refractivity contribution in [1.29, 1.82) is 0 Å². The summed E-state index contributed by atoms with van der Waals surface area (Å²) in [6.45, 7) is 3.99. The smallest absolute Gasteiger partial charge is 0.124 e. The largest absolute Gasteiger partial charge is 0.258 e. The van der Waals surface area contributed by atoms with Gasteiger partial charge in [0.15, 0.2) is 0 Å². The molecule has 0 saturated heterocycles. The molecule has 27 heavy (non-hydrogen) atoms. The number of allylic oxidation sites excluding steroid dienone is 1. The molecular formula is C24H23ClFN. The number of pyridine rings is 1. The number of aryl methyl sites for hydroxylation is 3. The summed E-state index contributed by atoms with van der Waals surface area (Å²) in [5.41, 5.74) is 7.04. The molecule has 2 aromatic carbocycles. The van der Waals surface area contributed by atoms with E-state index in [9.17, 15) is 4.39 Å². The minimum atomic E-state index is -0.290. The van der Waals surface area contributed by atoms with E-state index >= 15 is 0 Å². The quantitative estimate of drug-likeness (QED) is 0.481. The van der Waals surface area contributed by atoms with Gasteiger partial charge in [0.2, 0.25) is 0 Å². The monoisotopic (exact) mass is 379 g/mol. The lowest BCUT2D eigenvalue weighted by atomic mass is 9.93. The second-order valence-electron chi connectivity index (χ2n) is 6.81. The first-order chi connectivity index (χ1) is 13.0. The standard InChI is InChI=1S/C17H14ClF.C7H9N/c18-17-11-16(19)8-7-15(17)10-12-5-6-13-3-1-2-4-14(13)9-12;1-6-4-3-5-7(2)8-6/h2,4-9,11H,1,3,10H2;3-5H,1-2H3. The summed E-state index contributed by atoms with van der Waals surface area (Å²) in [5, 5.41) is 0.494. The first kappa shape index (κ1) is 19.3. The highest BCUT2D eigenvalue weighted by Crippen LogP contribution is 2.24. The number of aromatic nitrogens is 1. The molecule has 0 spiro atoms. The van der Waals surface area contributed by atoms with Crippen molar-refractivity contribution in [2.75, 3.05) is 0 Å². The van der Waals surface area contributed by atoms with E-state index in [1.807, 2.05) is 32.0 Å². The SMILES string of the molecule is Cc1cccc(C)n1.Fc1ccc(Cc2ccc3c(c2)C=CCC3)c(Cl)c1. The molecule has 3 aromatic rings. The lowest BCUT2D eigenvalue weighted by molar-refractivity contribution is 0.627. The number of benzene rings is 2. The average Bonchev–Trinajstić information content (AvgIpc) is 2.64. The molecule has 0 bridgehead atoms. The summed E-state index contributed by atoms with van der Waals surface area (Å²) in [4.78, 5) is 4.17. The van der Waals surface area contributed by atoms with E-state index in [0.29, 0.717) is 5.02 Å². The van der Waals surface area contributed by atoms with Crippen LogP contribution in [0.5, 0.6) is 0 Å². The Morgan fingerprint density at radius 1 is 1.00 bits per heavy atom. The lowest BCUT2D eigenvalue weighted by Crippen LogP contribution is -1.97. The summed E-state index contributed by atoms with van der Waals surface area (Å²) < 4.78 is 13.0. The number of hydrogen-bond acceptors (Lipinski definition) is 1. The highest BCUT2D eigenvalue weighted by Gasteiger charge is 2.07. The van der Waals surface area contributed by atoms with Gasteiger partial charge in [-0.25, -0.2) is 4.39 Å². The Balaban J connectivity index is 0.000000221. The van der Waals surface area contributed by atoms with Crippen LogP contribution in [0.4, 0.5) is 4.39 Å². The topological polar surface area (TPSA) is 12.9 Å². The Bertz CT molecular complexity index is 945. The zero-order valence-electron chi connectivity index (χ0n) is 15.7. The second-order valence-corrected chi connectivity index (χ2v) is 7.21. The van der Waals surface area contributed by atoms with Crippen LogP contribution in [0.3, 0.4) is 0 Å². The minimum Gasteiger partial charge on any atom is -0.258 e. The van der Waals surface area contributed by atoms with Crippen molar-refractivity contribution >= 4 is 17.7 Å². The molecule has 0 radical (unpaired) electrons. The fourth-order valence-corrected chi connectivity index (χ4v) is 3.38. The average molecular weight is 380 g/mol. The van der Waals surface area contributed by atoms with Crippen molar-refractivity contribution in [2.24, 2.45) is 0 Å². The lowest BCUT2D eigenvalue weighted by Gasteiger charge is -2.12. The van der Waals surface area contributed by atoms with Gasteiger partial charge in [0.05, 0.1) is 0 Å². The van der Waals surface area contributed by atoms with Crippen LogP contribution in [0.25, 0.3) is 6.08 Å². The predicted octanol–water partition coefficient (Wildman–Crippen LogP) is 6.73. The van der Waals surface area contributed by atoms with Gasteiger partial charge in [-0.15, -0.1) is 0 Å². The molecule has 1 heterocycles. The van der Waals surface area contributed by atoms with Gasteiger partial charge < -0.3 is 0 Å². The molecule has 0 saturated carbocycles.